The van der Waals surface area contributed by atoms with Crippen LogP contribution in [0.3, 0.4) is 0 Å². The molecule has 130 valence electrons. The summed E-state index contributed by atoms with van der Waals surface area (Å²) < 4.78 is 8.09. The van der Waals surface area contributed by atoms with Gasteiger partial charge >= 0.3 is 0 Å². The van der Waals surface area contributed by atoms with Gasteiger partial charge in [0.25, 0.3) is 0 Å². The van der Waals surface area contributed by atoms with Crippen molar-refractivity contribution in [3.63, 3.8) is 0 Å². The van der Waals surface area contributed by atoms with Crippen LogP contribution in [0.15, 0.2) is 36.8 Å². The molecule has 5 rings (SSSR count). The maximum absolute atomic E-state index is 9.09. The summed E-state index contributed by atoms with van der Waals surface area (Å²) in [4.78, 5) is 4.41. The molecule has 1 aromatic carbocycles. The van der Waals surface area contributed by atoms with E-state index in [-0.39, 0.29) is 5.60 Å². The zero-order valence-electron chi connectivity index (χ0n) is 14.4. The van der Waals surface area contributed by atoms with E-state index in [1.807, 2.05) is 6.20 Å². The van der Waals surface area contributed by atoms with E-state index in [4.69, 9.17) is 10.00 Å². The largest absolute Gasteiger partial charge is 0.487 e. The zero-order valence-corrected chi connectivity index (χ0v) is 14.4. The highest BCUT2D eigenvalue weighted by molar-refractivity contribution is 5.66. The lowest BCUT2D eigenvalue weighted by atomic mass is 9.83. The second-order valence-corrected chi connectivity index (χ2v) is 7.14. The fraction of sp³-hybridized carbons (Fsp3) is 0.350. The third kappa shape index (κ3) is 2.44. The number of rotatable bonds is 1. The van der Waals surface area contributed by atoms with Crippen LogP contribution in [0.25, 0.3) is 16.8 Å². The van der Waals surface area contributed by atoms with E-state index in [2.05, 4.69) is 39.7 Å². The third-order valence-electron chi connectivity index (χ3n) is 5.56. The number of nitriles is 1. The molecule has 0 saturated carbocycles. The second kappa shape index (κ2) is 5.82. The van der Waals surface area contributed by atoms with Gasteiger partial charge in [0.15, 0.2) is 5.65 Å². The summed E-state index contributed by atoms with van der Waals surface area (Å²) in [5.41, 5.74) is 4.42. The van der Waals surface area contributed by atoms with Gasteiger partial charge in [0.1, 0.15) is 23.0 Å². The van der Waals surface area contributed by atoms with Crippen LogP contribution in [0, 0.1) is 11.3 Å². The van der Waals surface area contributed by atoms with Crippen molar-refractivity contribution in [2.75, 3.05) is 13.1 Å². The number of hydrogen-bond donors (Lipinski definition) is 1. The summed E-state index contributed by atoms with van der Waals surface area (Å²) in [6.45, 7) is 2.07. The normalized spacial score (nSPS) is 18.3. The molecule has 2 aromatic heterocycles. The molecule has 0 amide bonds. The lowest BCUT2D eigenvalue weighted by Crippen LogP contribution is -2.48. The summed E-state index contributed by atoms with van der Waals surface area (Å²) >= 11 is 0. The van der Waals surface area contributed by atoms with Crippen LogP contribution in [-0.2, 0) is 6.42 Å². The first-order chi connectivity index (χ1) is 12.8. The van der Waals surface area contributed by atoms with Crippen molar-refractivity contribution in [1.82, 2.24) is 19.9 Å². The molecular formula is C20H19N5O. The first-order valence-corrected chi connectivity index (χ1v) is 9.03. The van der Waals surface area contributed by atoms with Gasteiger partial charge in [-0.1, -0.05) is 6.07 Å². The molecule has 2 aliphatic heterocycles. The molecule has 0 bridgehead atoms. The smallest absolute Gasteiger partial charge is 0.172 e. The number of benzene rings is 1. The van der Waals surface area contributed by atoms with E-state index in [0.717, 1.165) is 55.6 Å². The second-order valence-electron chi connectivity index (χ2n) is 7.14. The topological polar surface area (TPSA) is 75.2 Å². The molecule has 2 aliphatic rings. The third-order valence-corrected chi connectivity index (χ3v) is 5.56. The monoisotopic (exact) mass is 345 g/mol. The van der Waals surface area contributed by atoms with Crippen molar-refractivity contribution in [2.24, 2.45) is 0 Å². The Morgan fingerprint density at radius 3 is 2.88 bits per heavy atom. The highest BCUT2D eigenvalue weighted by Gasteiger charge is 2.37. The summed E-state index contributed by atoms with van der Waals surface area (Å²) in [6, 6.07) is 8.47. The zero-order chi connectivity index (χ0) is 17.6. The first kappa shape index (κ1) is 15.4. The minimum Gasteiger partial charge on any atom is -0.487 e. The molecule has 1 fully saturated rings. The van der Waals surface area contributed by atoms with Gasteiger partial charge in [-0.2, -0.15) is 10.4 Å². The molecule has 26 heavy (non-hydrogen) atoms. The van der Waals surface area contributed by atoms with Crippen molar-refractivity contribution < 1.29 is 4.74 Å². The van der Waals surface area contributed by atoms with Gasteiger partial charge in [-0.05, 0) is 62.0 Å². The summed E-state index contributed by atoms with van der Waals surface area (Å²) in [5, 5.41) is 16.7. The number of nitrogens with zero attached hydrogens (tertiary/aromatic N) is 4. The van der Waals surface area contributed by atoms with Gasteiger partial charge < -0.3 is 10.1 Å². The molecule has 0 atom stereocenters. The summed E-state index contributed by atoms with van der Waals surface area (Å²) in [6.07, 6.45) is 9.54. The average Bonchev–Trinajstić information content (AvgIpc) is 3.10. The number of piperidine rings is 1. The Morgan fingerprint density at radius 1 is 1.15 bits per heavy atom. The molecule has 6 heteroatoms. The predicted molar refractivity (Wildman–Crippen MR) is 96.9 cm³/mol. The maximum Gasteiger partial charge on any atom is 0.172 e. The van der Waals surface area contributed by atoms with Crippen LogP contribution in [-0.4, -0.2) is 33.3 Å². The lowest BCUT2D eigenvalue weighted by molar-refractivity contribution is 0.0170. The van der Waals surface area contributed by atoms with Crippen LogP contribution in [0.2, 0.25) is 0 Å². The Morgan fingerprint density at radius 2 is 2.04 bits per heavy atom. The highest BCUT2D eigenvalue weighted by Crippen LogP contribution is 2.39. The van der Waals surface area contributed by atoms with E-state index in [1.54, 1.807) is 16.9 Å². The Balaban J connectivity index is 1.48. The minimum absolute atomic E-state index is 0.0169. The predicted octanol–water partition coefficient (Wildman–Crippen LogP) is 2.72. The Hall–Kier alpha value is -2.91. The molecular weight excluding hydrogens is 326 g/mol. The molecule has 1 N–H and O–H groups in total. The maximum atomic E-state index is 9.09. The first-order valence-electron chi connectivity index (χ1n) is 9.03. The van der Waals surface area contributed by atoms with Crippen molar-refractivity contribution in [2.45, 2.75) is 31.3 Å². The van der Waals surface area contributed by atoms with Gasteiger partial charge in [-0.3, -0.25) is 0 Å². The van der Waals surface area contributed by atoms with Gasteiger partial charge in [0, 0.05) is 18.0 Å². The van der Waals surface area contributed by atoms with E-state index in [0.29, 0.717) is 11.2 Å². The number of aryl methyl sites for hydroxylation is 1. The number of fused-ring (bicyclic) bond motifs is 2. The van der Waals surface area contributed by atoms with Crippen LogP contribution >= 0.6 is 0 Å². The van der Waals surface area contributed by atoms with Gasteiger partial charge in [0.05, 0.1) is 6.20 Å². The quantitative estimate of drug-likeness (QED) is 0.734. The number of nitrogens with one attached hydrogen (secondary N) is 1. The Kier molecular flexibility index (Phi) is 3.44. The van der Waals surface area contributed by atoms with E-state index >= 15 is 0 Å². The van der Waals surface area contributed by atoms with Crippen LogP contribution in [0.4, 0.5) is 0 Å². The summed E-state index contributed by atoms with van der Waals surface area (Å²) in [7, 11) is 0. The molecule has 0 radical (unpaired) electrons. The molecule has 6 nitrogen and oxygen atoms in total. The van der Waals surface area contributed by atoms with Crippen molar-refractivity contribution >= 4 is 5.65 Å². The van der Waals surface area contributed by atoms with E-state index < -0.39 is 0 Å². The molecule has 0 unspecified atom stereocenters. The lowest BCUT2D eigenvalue weighted by Gasteiger charge is -2.41. The number of hydrogen-bond acceptors (Lipinski definition) is 5. The van der Waals surface area contributed by atoms with Gasteiger partial charge in [0.2, 0.25) is 0 Å². The molecule has 1 saturated heterocycles. The summed E-state index contributed by atoms with van der Waals surface area (Å²) in [5.74, 6) is 1.02. The van der Waals surface area contributed by atoms with Crippen molar-refractivity contribution in [3.05, 3.63) is 47.9 Å². The van der Waals surface area contributed by atoms with Crippen molar-refractivity contribution in [1.29, 1.82) is 5.26 Å². The van der Waals surface area contributed by atoms with Gasteiger partial charge in [-0.25, -0.2) is 9.50 Å². The Labute approximate surface area is 151 Å². The van der Waals surface area contributed by atoms with Crippen LogP contribution < -0.4 is 10.1 Å². The van der Waals surface area contributed by atoms with Crippen molar-refractivity contribution in [3.8, 4) is 22.9 Å². The highest BCUT2D eigenvalue weighted by atomic mass is 16.5. The fourth-order valence-corrected chi connectivity index (χ4v) is 4.04. The molecule has 4 heterocycles. The average molecular weight is 345 g/mol. The SMILES string of the molecule is N#Cc1cnn2cc(-c3ccc4c(c3)CCC3(CCNCC3)O4)cnc12. The van der Waals surface area contributed by atoms with Crippen LogP contribution in [0.5, 0.6) is 5.75 Å². The Bertz CT molecular complexity index is 1030. The number of aromatic nitrogens is 3. The van der Waals surface area contributed by atoms with E-state index in [9.17, 15) is 0 Å². The standard InChI is InChI=1S/C20H19N5O/c21-10-16-12-24-25-13-17(11-23-19(16)25)14-1-2-18-15(9-14)3-4-20(26-18)5-7-22-8-6-20/h1-2,9,11-13,22H,3-8H2. The van der Waals surface area contributed by atoms with E-state index in [1.165, 1.54) is 5.56 Å². The molecule has 1 spiro atoms. The van der Waals surface area contributed by atoms with Crippen LogP contribution in [0.1, 0.15) is 30.4 Å². The number of ether oxygens (including phenoxy) is 1. The molecule has 0 aliphatic carbocycles. The minimum atomic E-state index is 0.0169. The fourth-order valence-electron chi connectivity index (χ4n) is 4.04. The molecule has 3 aromatic rings. The van der Waals surface area contributed by atoms with Gasteiger partial charge in [-0.15, -0.1) is 0 Å².